The summed E-state index contributed by atoms with van der Waals surface area (Å²) < 4.78 is 9.89. The second-order valence-electron chi connectivity index (χ2n) is 7.12. The molecular formula is C21H30N2O5. The van der Waals surface area contributed by atoms with E-state index >= 15 is 0 Å². The van der Waals surface area contributed by atoms with Crippen molar-refractivity contribution in [3.05, 3.63) is 35.9 Å². The molecule has 2 amide bonds. The Morgan fingerprint density at radius 2 is 1.86 bits per heavy atom. The number of benzene rings is 1. The third kappa shape index (κ3) is 8.88. The van der Waals surface area contributed by atoms with Crippen molar-refractivity contribution in [3.8, 4) is 0 Å². The minimum atomic E-state index is -0.536. The fourth-order valence-corrected chi connectivity index (χ4v) is 2.86. The van der Waals surface area contributed by atoms with E-state index < -0.39 is 12.1 Å². The van der Waals surface area contributed by atoms with E-state index in [1.807, 2.05) is 30.3 Å². The fourth-order valence-electron chi connectivity index (χ4n) is 2.86. The highest BCUT2D eigenvalue weighted by molar-refractivity contribution is 5.84. The minimum Gasteiger partial charge on any atom is -0.467 e. The van der Waals surface area contributed by atoms with Gasteiger partial charge in [-0.1, -0.05) is 49.6 Å². The summed E-state index contributed by atoms with van der Waals surface area (Å²) in [5.41, 5.74) is 0.940. The van der Waals surface area contributed by atoms with Crippen molar-refractivity contribution in [3.63, 3.8) is 0 Å². The summed E-state index contributed by atoms with van der Waals surface area (Å²) >= 11 is 0. The highest BCUT2D eigenvalue weighted by atomic mass is 16.5. The number of hydrogen-bond donors (Lipinski definition) is 2. The van der Waals surface area contributed by atoms with Crippen LogP contribution in [0.5, 0.6) is 0 Å². The van der Waals surface area contributed by atoms with Crippen LogP contribution in [0.25, 0.3) is 0 Å². The molecule has 2 N–H and O–H groups in total. The number of rotatable bonds is 12. The van der Waals surface area contributed by atoms with Gasteiger partial charge in [0.2, 0.25) is 5.91 Å². The average Bonchev–Trinajstić information content (AvgIpc) is 3.52. The fraction of sp³-hybridized carbons (Fsp3) is 0.571. The molecular weight excluding hydrogens is 360 g/mol. The van der Waals surface area contributed by atoms with E-state index in [1.165, 1.54) is 7.11 Å². The number of nitrogens with one attached hydrogen (secondary N) is 2. The summed E-state index contributed by atoms with van der Waals surface area (Å²) in [5, 5.41) is 5.48. The van der Waals surface area contributed by atoms with Gasteiger partial charge in [0.25, 0.3) is 0 Å². The highest BCUT2D eigenvalue weighted by Crippen LogP contribution is 2.33. The van der Waals surface area contributed by atoms with Gasteiger partial charge >= 0.3 is 12.1 Å². The van der Waals surface area contributed by atoms with E-state index in [4.69, 9.17) is 9.47 Å². The van der Waals surface area contributed by atoms with Crippen LogP contribution in [0.1, 0.15) is 50.5 Å². The number of amides is 2. The van der Waals surface area contributed by atoms with Gasteiger partial charge in [-0.05, 0) is 30.7 Å². The first-order valence-electron chi connectivity index (χ1n) is 9.90. The zero-order chi connectivity index (χ0) is 20.2. The maximum atomic E-state index is 12.0. The predicted molar refractivity (Wildman–Crippen MR) is 104 cm³/mol. The first-order chi connectivity index (χ1) is 13.6. The van der Waals surface area contributed by atoms with Gasteiger partial charge in [-0.15, -0.1) is 0 Å². The zero-order valence-corrected chi connectivity index (χ0v) is 16.4. The standard InChI is InChI=1S/C21H30N2O5/c1-27-20(25)18(14-16-11-12-16)23-19(24)10-6-3-7-13-22-21(26)28-15-17-8-4-2-5-9-17/h2,4-5,8-9,16,18H,3,6-7,10-15H2,1H3,(H,22,26)(H,23,24)/t18-/m0/s1. The Balaban J connectivity index is 1.50. The topological polar surface area (TPSA) is 93.7 Å². The summed E-state index contributed by atoms with van der Waals surface area (Å²) in [4.78, 5) is 35.4. The molecule has 2 rings (SSSR count). The largest absolute Gasteiger partial charge is 0.467 e. The first kappa shape index (κ1) is 21.7. The van der Waals surface area contributed by atoms with Gasteiger partial charge in [0.1, 0.15) is 12.6 Å². The highest BCUT2D eigenvalue weighted by Gasteiger charge is 2.30. The van der Waals surface area contributed by atoms with Crippen LogP contribution in [0.4, 0.5) is 4.79 Å². The monoisotopic (exact) mass is 390 g/mol. The molecule has 1 saturated carbocycles. The van der Waals surface area contributed by atoms with Crippen LogP contribution in [-0.4, -0.2) is 37.7 Å². The molecule has 0 unspecified atom stereocenters. The van der Waals surface area contributed by atoms with Gasteiger partial charge in [0.05, 0.1) is 7.11 Å². The van der Waals surface area contributed by atoms with Gasteiger partial charge < -0.3 is 20.1 Å². The summed E-state index contributed by atoms with van der Waals surface area (Å²) in [6.07, 6.45) is 5.07. The first-order valence-corrected chi connectivity index (χ1v) is 9.90. The quantitative estimate of drug-likeness (QED) is 0.423. The molecule has 7 heteroatoms. The van der Waals surface area contributed by atoms with Crippen molar-refractivity contribution in [2.45, 2.75) is 57.6 Å². The molecule has 0 spiro atoms. The van der Waals surface area contributed by atoms with Crippen molar-refractivity contribution in [2.24, 2.45) is 5.92 Å². The molecule has 1 atom stereocenters. The average molecular weight is 390 g/mol. The van der Waals surface area contributed by atoms with Gasteiger partial charge in [-0.3, -0.25) is 4.79 Å². The van der Waals surface area contributed by atoms with Crippen LogP contribution < -0.4 is 10.6 Å². The lowest BCUT2D eigenvalue weighted by molar-refractivity contribution is -0.145. The number of hydrogen-bond acceptors (Lipinski definition) is 5. The smallest absolute Gasteiger partial charge is 0.407 e. The van der Waals surface area contributed by atoms with Crippen LogP contribution in [0.15, 0.2) is 30.3 Å². The van der Waals surface area contributed by atoms with E-state index in [-0.39, 0.29) is 18.5 Å². The normalized spacial score (nSPS) is 14.0. The summed E-state index contributed by atoms with van der Waals surface area (Å²) in [7, 11) is 1.34. The summed E-state index contributed by atoms with van der Waals surface area (Å²) in [6.45, 7) is 0.747. The molecule has 1 aliphatic carbocycles. The van der Waals surface area contributed by atoms with Gasteiger partial charge in [0, 0.05) is 13.0 Å². The molecule has 7 nitrogen and oxygen atoms in total. The molecule has 28 heavy (non-hydrogen) atoms. The Bertz CT molecular complexity index is 631. The number of esters is 1. The maximum absolute atomic E-state index is 12.0. The minimum absolute atomic E-state index is 0.133. The third-order valence-electron chi connectivity index (χ3n) is 4.65. The Morgan fingerprint density at radius 3 is 2.54 bits per heavy atom. The van der Waals surface area contributed by atoms with Crippen molar-refractivity contribution in [1.82, 2.24) is 10.6 Å². The molecule has 0 aromatic heterocycles. The van der Waals surface area contributed by atoms with E-state index in [0.29, 0.717) is 31.7 Å². The van der Waals surface area contributed by atoms with E-state index in [1.54, 1.807) is 0 Å². The number of carbonyl (C=O) groups excluding carboxylic acids is 3. The van der Waals surface area contributed by atoms with Crippen LogP contribution in [0.3, 0.4) is 0 Å². The van der Waals surface area contributed by atoms with Crippen molar-refractivity contribution < 1.29 is 23.9 Å². The Kier molecular flexibility index (Phi) is 9.31. The Labute approximate surface area is 166 Å². The lowest BCUT2D eigenvalue weighted by Gasteiger charge is -2.16. The summed E-state index contributed by atoms with van der Waals surface area (Å²) in [6, 6.07) is 8.96. The molecule has 0 saturated heterocycles. The molecule has 0 radical (unpaired) electrons. The van der Waals surface area contributed by atoms with Crippen LogP contribution in [0, 0.1) is 5.92 Å². The Morgan fingerprint density at radius 1 is 1.11 bits per heavy atom. The number of methoxy groups -OCH3 is 1. The zero-order valence-electron chi connectivity index (χ0n) is 16.4. The summed E-state index contributed by atoms with van der Waals surface area (Å²) in [5.74, 6) is 0.0156. The van der Waals surface area contributed by atoms with Gasteiger partial charge in [-0.25, -0.2) is 9.59 Å². The second-order valence-corrected chi connectivity index (χ2v) is 7.12. The second kappa shape index (κ2) is 12.0. The van der Waals surface area contributed by atoms with Crippen molar-refractivity contribution in [2.75, 3.05) is 13.7 Å². The van der Waals surface area contributed by atoms with Crippen molar-refractivity contribution >= 4 is 18.0 Å². The third-order valence-corrected chi connectivity index (χ3v) is 4.65. The number of alkyl carbamates (subject to hydrolysis) is 1. The lowest BCUT2D eigenvalue weighted by atomic mass is 10.1. The molecule has 1 fully saturated rings. The van der Waals surface area contributed by atoms with Crippen LogP contribution >= 0.6 is 0 Å². The lowest BCUT2D eigenvalue weighted by Crippen LogP contribution is -2.41. The number of carbonyl (C=O) groups is 3. The Hall–Kier alpha value is -2.57. The molecule has 0 bridgehead atoms. The number of ether oxygens (including phenoxy) is 2. The number of unbranched alkanes of at least 4 members (excludes halogenated alkanes) is 2. The molecule has 1 aromatic carbocycles. The predicted octanol–water partition coefficient (Wildman–Crippen LogP) is 2.93. The molecule has 0 aliphatic heterocycles. The molecule has 154 valence electrons. The molecule has 0 heterocycles. The van der Waals surface area contributed by atoms with Gasteiger partial charge in [-0.2, -0.15) is 0 Å². The SMILES string of the molecule is COC(=O)[C@H](CC1CC1)NC(=O)CCCCCNC(=O)OCc1ccccc1. The van der Waals surface area contributed by atoms with E-state index in [0.717, 1.165) is 31.2 Å². The van der Waals surface area contributed by atoms with E-state index in [9.17, 15) is 14.4 Å². The van der Waals surface area contributed by atoms with Crippen molar-refractivity contribution in [1.29, 1.82) is 0 Å². The van der Waals surface area contributed by atoms with Crippen LogP contribution in [-0.2, 0) is 25.7 Å². The molecule has 1 aromatic rings. The van der Waals surface area contributed by atoms with E-state index in [2.05, 4.69) is 10.6 Å². The van der Waals surface area contributed by atoms with Gasteiger partial charge in [0.15, 0.2) is 0 Å². The maximum Gasteiger partial charge on any atom is 0.407 e. The molecule has 1 aliphatic rings. The van der Waals surface area contributed by atoms with Crippen LogP contribution in [0.2, 0.25) is 0 Å².